The van der Waals surface area contributed by atoms with Crippen LogP contribution in [0.3, 0.4) is 0 Å². The molecule has 53 heavy (non-hydrogen) atoms. The maximum atomic E-state index is 14.7. The number of ether oxygens (including phenoxy) is 1. The van der Waals surface area contributed by atoms with Gasteiger partial charge < -0.3 is 24.7 Å². The smallest absolute Gasteiger partial charge is 0.266 e. The average Bonchev–Trinajstić information content (AvgIpc) is 3.78. The lowest BCUT2D eigenvalue weighted by atomic mass is 9.84. The van der Waals surface area contributed by atoms with Crippen LogP contribution in [0.1, 0.15) is 86.9 Å². The number of sulfonamides is 1. The third-order valence-corrected chi connectivity index (χ3v) is 12.0. The molecule has 2 aliphatic heterocycles. The van der Waals surface area contributed by atoms with Gasteiger partial charge in [0.05, 0.1) is 25.0 Å². The van der Waals surface area contributed by atoms with Gasteiger partial charge in [0, 0.05) is 23.0 Å². The van der Waals surface area contributed by atoms with Crippen molar-refractivity contribution in [1.82, 2.24) is 25.2 Å². The van der Waals surface area contributed by atoms with Crippen LogP contribution in [0, 0.1) is 17.7 Å². The molecule has 12 nitrogen and oxygen atoms in total. The van der Waals surface area contributed by atoms with E-state index in [1.807, 2.05) is 0 Å². The van der Waals surface area contributed by atoms with E-state index in [9.17, 15) is 27.2 Å². The van der Waals surface area contributed by atoms with Crippen LogP contribution in [0.2, 0.25) is 0 Å². The molecule has 1 saturated carbocycles. The van der Waals surface area contributed by atoms with E-state index in [0.29, 0.717) is 39.9 Å². The second-order valence-electron chi connectivity index (χ2n) is 14.8. The number of oxazole rings is 1. The van der Waals surface area contributed by atoms with E-state index < -0.39 is 57.7 Å². The summed E-state index contributed by atoms with van der Waals surface area (Å²) in [5.74, 6) is -1.56. The number of halogens is 2. The van der Waals surface area contributed by atoms with Gasteiger partial charge in [-0.05, 0) is 81.3 Å². The molecule has 6 rings (SSSR count). The number of carbonyl (C=O) groups excluding carboxylic acids is 3. The molecule has 3 fully saturated rings. The number of hydrogen-bond acceptors (Lipinski definition) is 9. The van der Waals surface area contributed by atoms with Gasteiger partial charge in [-0.25, -0.2) is 22.5 Å². The first-order chi connectivity index (χ1) is 25.4. The fourth-order valence-corrected chi connectivity index (χ4v) is 8.97. The lowest BCUT2D eigenvalue weighted by Crippen LogP contribution is -2.55. The molecule has 2 amide bonds. The van der Waals surface area contributed by atoms with Gasteiger partial charge in [-0.2, -0.15) is 0 Å². The minimum absolute atomic E-state index is 0.0171. The number of fused-ring (bicyclic) bond motifs is 1. The van der Waals surface area contributed by atoms with E-state index in [1.54, 1.807) is 36.4 Å². The molecule has 0 spiro atoms. The van der Waals surface area contributed by atoms with Crippen LogP contribution >= 0.6 is 15.9 Å². The van der Waals surface area contributed by atoms with Crippen molar-refractivity contribution >= 4 is 54.7 Å². The molecule has 3 heterocycles. The highest BCUT2D eigenvalue weighted by Gasteiger charge is 2.44. The third-order valence-electron chi connectivity index (χ3n) is 10.7. The van der Waals surface area contributed by atoms with Crippen molar-refractivity contribution in [3.63, 3.8) is 0 Å². The molecule has 15 heteroatoms. The standard InChI is InChI=1S/C38H49BrFN5O7S/c1-53(49,50)44-31(14-11-24-15-17-41-18-16-24)38(48)45-22-28(51-23-26-12-13-27(39)20-29(26)40)21-33(45)36(47)42-32(19-25-7-3-2-4-8-25)35(46)37-43-30-9-5-6-10-34(30)52-37/h5-6,9-10,12-13,20,24-25,28,31-33,41,44H,2-4,7-8,11,14-19,21-23H2,1H3,(H,42,47)/t28-,31-,32+,33+/m1/s1. The Morgan fingerprint density at radius 2 is 1.81 bits per heavy atom. The highest BCUT2D eigenvalue weighted by Crippen LogP contribution is 2.30. The topological polar surface area (TPSA) is 160 Å². The zero-order valence-electron chi connectivity index (χ0n) is 30.0. The normalized spacial score (nSPS) is 21.5. The molecule has 0 unspecified atom stereocenters. The van der Waals surface area contributed by atoms with Gasteiger partial charge in [0.15, 0.2) is 5.58 Å². The molecule has 288 valence electrons. The van der Waals surface area contributed by atoms with Gasteiger partial charge in [0.25, 0.3) is 5.89 Å². The highest BCUT2D eigenvalue weighted by molar-refractivity contribution is 9.10. The zero-order valence-corrected chi connectivity index (χ0v) is 32.4. The summed E-state index contributed by atoms with van der Waals surface area (Å²) >= 11 is 3.26. The number of carbonyl (C=O) groups is 3. The average molecular weight is 819 g/mol. The Balaban J connectivity index is 1.25. The van der Waals surface area contributed by atoms with Crippen molar-refractivity contribution in [2.45, 2.75) is 101 Å². The van der Waals surface area contributed by atoms with Crippen molar-refractivity contribution in [1.29, 1.82) is 0 Å². The largest absolute Gasteiger partial charge is 0.434 e. The van der Waals surface area contributed by atoms with Gasteiger partial charge in [0.2, 0.25) is 27.6 Å². The zero-order chi connectivity index (χ0) is 37.5. The van der Waals surface area contributed by atoms with Gasteiger partial charge in [0.1, 0.15) is 23.4 Å². The third kappa shape index (κ3) is 10.7. The predicted molar refractivity (Wildman–Crippen MR) is 201 cm³/mol. The molecule has 4 atom stereocenters. The lowest BCUT2D eigenvalue weighted by molar-refractivity contribution is -0.140. The van der Waals surface area contributed by atoms with Crippen LogP contribution in [0.15, 0.2) is 51.4 Å². The fraction of sp³-hybridized carbons (Fsp3) is 0.579. The molecule has 1 aromatic heterocycles. The van der Waals surface area contributed by atoms with Gasteiger partial charge in [-0.15, -0.1) is 0 Å². The highest BCUT2D eigenvalue weighted by atomic mass is 79.9. The molecular weight excluding hydrogens is 769 g/mol. The maximum Gasteiger partial charge on any atom is 0.266 e. The molecule has 3 aliphatic rings. The minimum Gasteiger partial charge on any atom is -0.434 e. The first-order valence-electron chi connectivity index (χ1n) is 18.7. The summed E-state index contributed by atoms with van der Waals surface area (Å²) in [4.78, 5) is 48.6. The molecule has 0 bridgehead atoms. The number of likely N-dealkylation sites (tertiary alicyclic amines) is 1. The number of aromatic nitrogens is 1. The van der Waals surface area contributed by atoms with E-state index in [4.69, 9.17) is 9.15 Å². The predicted octanol–water partition coefficient (Wildman–Crippen LogP) is 5.25. The van der Waals surface area contributed by atoms with Crippen LogP contribution in [-0.2, 0) is 31.0 Å². The van der Waals surface area contributed by atoms with Crippen molar-refractivity contribution in [3.05, 3.63) is 64.2 Å². The van der Waals surface area contributed by atoms with Crippen LogP contribution in [0.5, 0.6) is 0 Å². The van der Waals surface area contributed by atoms with Crippen LogP contribution < -0.4 is 15.4 Å². The molecular formula is C38H49BrFN5O7S. The van der Waals surface area contributed by atoms with Gasteiger partial charge in [-0.1, -0.05) is 66.2 Å². The second-order valence-corrected chi connectivity index (χ2v) is 17.5. The Kier molecular flexibility index (Phi) is 13.3. The quantitative estimate of drug-likeness (QED) is 0.174. The summed E-state index contributed by atoms with van der Waals surface area (Å²) in [6, 6.07) is 8.56. The molecule has 2 aromatic carbocycles. The van der Waals surface area contributed by atoms with Crippen LogP contribution in [0.4, 0.5) is 4.39 Å². The van der Waals surface area contributed by atoms with E-state index >= 15 is 0 Å². The number of ketones is 1. The first-order valence-corrected chi connectivity index (χ1v) is 21.4. The Hall–Kier alpha value is -3.24. The van der Waals surface area contributed by atoms with E-state index in [2.05, 4.69) is 36.3 Å². The van der Waals surface area contributed by atoms with Gasteiger partial charge >= 0.3 is 0 Å². The first kappa shape index (κ1) is 39.5. The van der Waals surface area contributed by atoms with E-state index in [-0.39, 0.29) is 37.8 Å². The summed E-state index contributed by atoms with van der Waals surface area (Å²) in [5.41, 5.74) is 1.30. The number of para-hydroxylation sites is 2. The minimum atomic E-state index is -3.79. The fourth-order valence-electron chi connectivity index (χ4n) is 7.90. The number of Topliss-reactive ketones (excluding diaryl/α,β-unsaturated/α-hetero) is 1. The number of piperidine rings is 1. The van der Waals surface area contributed by atoms with Crippen molar-refractivity contribution < 1.29 is 36.3 Å². The summed E-state index contributed by atoms with van der Waals surface area (Å²) in [6.07, 6.45) is 8.62. The molecule has 3 aromatic rings. The molecule has 0 radical (unpaired) electrons. The molecule has 1 aliphatic carbocycles. The molecule has 2 saturated heterocycles. The number of rotatable bonds is 15. The van der Waals surface area contributed by atoms with E-state index in [0.717, 1.165) is 64.3 Å². The number of nitrogens with one attached hydrogen (secondary N) is 3. The van der Waals surface area contributed by atoms with E-state index in [1.165, 1.54) is 11.0 Å². The number of benzene rings is 2. The SMILES string of the molecule is CS(=O)(=O)N[C@H](CCC1CCNCC1)C(=O)N1C[C@H](OCc2ccc(Br)cc2F)C[C@H]1C(=O)N[C@@H](CC1CCCCC1)C(=O)c1nc2ccccc2o1. The second kappa shape index (κ2) is 17.9. The summed E-state index contributed by atoms with van der Waals surface area (Å²) < 4.78 is 54.8. The Bertz CT molecular complexity index is 1830. The Morgan fingerprint density at radius 3 is 2.53 bits per heavy atom. The lowest BCUT2D eigenvalue weighted by Gasteiger charge is -2.31. The molecule has 3 N–H and O–H groups in total. The van der Waals surface area contributed by atoms with Crippen LogP contribution in [0.25, 0.3) is 11.1 Å². The van der Waals surface area contributed by atoms with Crippen molar-refractivity contribution in [2.75, 3.05) is 25.9 Å². The van der Waals surface area contributed by atoms with Crippen LogP contribution in [-0.4, -0.2) is 86.0 Å². The monoisotopic (exact) mass is 817 g/mol. The van der Waals surface area contributed by atoms with Gasteiger partial charge in [-0.3, -0.25) is 14.4 Å². The summed E-state index contributed by atoms with van der Waals surface area (Å²) in [7, 11) is -3.79. The number of amides is 2. The summed E-state index contributed by atoms with van der Waals surface area (Å²) in [5, 5.41) is 6.29. The summed E-state index contributed by atoms with van der Waals surface area (Å²) in [6.45, 7) is 1.61. The van der Waals surface area contributed by atoms with Crippen molar-refractivity contribution in [2.24, 2.45) is 11.8 Å². The number of nitrogens with zero attached hydrogens (tertiary/aromatic N) is 2. The Morgan fingerprint density at radius 1 is 1.06 bits per heavy atom. The maximum absolute atomic E-state index is 14.7. The number of hydrogen-bond donors (Lipinski definition) is 3. The Labute approximate surface area is 318 Å². The van der Waals surface area contributed by atoms with Crippen molar-refractivity contribution in [3.8, 4) is 0 Å².